The number of ether oxygens (including phenoxy) is 3. The highest BCUT2D eigenvalue weighted by molar-refractivity contribution is 5.94. The van der Waals surface area contributed by atoms with Gasteiger partial charge in [-0.1, -0.05) is 6.08 Å². The van der Waals surface area contributed by atoms with Crippen molar-refractivity contribution in [3.63, 3.8) is 0 Å². The van der Waals surface area contributed by atoms with Gasteiger partial charge in [0.05, 0.1) is 6.61 Å². The van der Waals surface area contributed by atoms with E-state index in [1.54, 1.807) is 6.92 Å². The largest absolute Gasteiger partial charge is 0.586 e. The molecule has 108 valence electrons. The molecule has 1 aliphatic heterocycles. The predicted octanol–water partition coefficient (Wildman–Crippen LogP) is 2.54. The maximum atomic E-state index is 12.8. The Morgan fingerprint density at radius 1 is 1.50 bits per heavy atom. The van der Waals surface area contributed by atoms with E-state index in [1.165, 1.54) is 24.3 Å². The second-order valence-corrected chi connectivity index (χ2v) is 4.08. The average molecular weight is 285 g/mol. The van der Waals surface area contributed by atoms with Gasteiger partial charge in [-0.15, -0.1) is 15.4 Å². The van der Waals surface area contributed by atoms with Crippen LogP contribution in [-0.2, 0) is 9.53 Å². The number of hydrogen-bond acceptors (Lipinski definition) is 4. The molecule has 1 N–H and O–H groups in total. The Hall–Kier alpha value is -2.15. The van der Waals surface area contributed by atoms with Gasteiger partial charge in [-0.3, -0.25) is 4.79 Å². The number of amides is 1. The van der Waals surface area contributed by atoms with Gasteiger partial charge in [-0.25, -0.2) is 0 Å². The summed E-state index contributed by atoms with van der Waals surface area (Å²) >= 11 is 0. The van der Waals surface area contributed by atoms with Gasteiger partial charge in [-0.05, 0) is 19.1 Å². The second kappa shape index (κ2) is 5.46. The summed E-state index contributed by atoms with van der Waals surface area (Å²) in [6, 6.07) is 3.98. The van der Waals surface area contributed by atoms with Gasteiger partial charge in [-0.2, -0.15) is 0 Å². The molecule has 1 aliphatic rings. The Kier molecular flexibility index (Phi) is 3.89. The number of fused-ring (bicyclic) bond motifs is 1. The Morgan fingerprint density at radius 2 is 2.20 bits per heavy atom. The molecule has 7 heteroatoms. The van der Waals surface area contributed by atoms with E-state index in [2.05, 4.69) is 21.4 Å². The van der Waals surface area contributed by atoms with E-state index in [-0.39, 0.29) is 18.1 Å². The summed E-state index contributed by atoms with van der Waals surface area (Å²) in [5.74, 6) is -0.617. The summed E-state index contributed by atoms with van der Waals surface area (Å²) < 4.78 is 39.4. The number of halogens is 2. The topological polar surface area (TPSA) is 56.8 Å². The van der Waals surface area contributed by atoms with Crippen LogP contribution < -0.4 is 14.8 Å². The van der Waals surface area contributed by atoms with Gasteiger partial charge in [0.2, 0.25) is 0 Å². The Balaban J connectivity index is 2.02. The lowest BCUT2D eigenvalue weighted by molar-refractivity contribution is -0.286. The summed E-state index contributed by atoms with van der Waals surface area (Å²) in [6.45, 7) is 5.28. The Labute approximate surface area is 114 Å². The molecule has 0 aliphatic carbocycles. The van der Waals surface area contributed by atoms with Gasteiger partial charge in [0, 0.05) is 11.8 Å². The van der Waals surface area contributed by atoms with E-state index < -0.39 is 18.3 Å². The molecule has 1 atom stereocenters. The predicted molar refractivity (Wildman–Crippen MR) is 66.9 cm³/mol. The monoisotopic (exact) mass is 285 g/mol. The van der Waals surface area contributed by atoms with Gasteiger partial charge >= 0.3 is 6.29 Å². The van der Waals surface area contributed by atoms with Crippen LogP contribution in [-0.4, -0.2) is 24.9 Å². The minimum atomic E-state index is -3.68. The minimum Gasteiger partial charge on any atom is -0.395 e. The van der Waals surface area contributed by atoms with Crippen LogP contribution in [0.3, 0.4) is 0 Å². The normalized spacial score (nSPS) is 16.6. The summed E-state index contributed by atoms with van der Waals surface area (Å²) in [5, 5.41) is 2.53. The molecule has 1 heterocycles. The van der Waals surface area contributed by atoms with Crippen molar-refractivity contribution in [2.24, 2.45) is 0 Å². The van der Waals surface area contributed by atoms with E-state index in [4.69, 9.17) is 4.74 Å². The maximum Gasteiger partial charge on any atom is 0.586 e. The summed E-state index contributed by atoms with van der Waals surface area (Å²) in [5.41, 5.74) is 0.309. The number of benzene rings is 1. The second-order valence-electron chi connectivity index (χ2n) is 4.08. The zero-order valence-electron chi connectivity index (χ0n) is 10.7. The van der Waals surface area contributed by atoms with Crippen molar-refractivity contribution in [2.75, 3.05) is 11.9 Å². The smallest absolute Gasteiger partial charge is 0.395 e. The molecule has 1 amide bonds. The third-order valence-electron chi connectivity index (χ3n) is 2.50. The molecule has 5 nitrogen and oxygen atoms in total. The highest BCUT2D eigenvalue weighted by Crippen LogP contribution is 2.42. The Morgan fingerprint density at radius 3 is 2.90 bits per heavy atom. The molecule has 20 heavy (non-hydrogen) atoms. The van der Waals surface area contributed by atoms with Crippen LogP contribution in [0.1, 0.15) is 6.92 Å². The van der Waals surface area contributed by atoms with Crippen LogP contribution >= 0.6 is 0 Å². The molecular weight excluding hydrogens is 272 g/mol. The van der Waals surface area contributed by atoms with E-state index in [9.17, 15) is 13.6 Å². The summed E-state index contributed by atoms with van der Waals surface area (Å²) in [4.78, 5) is 11.8. The molecule has 0 saturated carbocycles. The number of hydrogen-bond donors (Lipinski definition) is 1. The van der Waals surface area contributed by atoms with Crippen LogP contribution in [0.15, 0.2) is 30.9 Å². The first-order valence-electron chi connectivity index (χ1n) is 5.84. The highest BCUT2D eigenvalue weighted by Gasteiger charge is 2.43. The number of alkyl halides is 2. The van der Waals surface area contributed by atoms with Gasteiger partial charge < -0.3 is 19.5 Å². The maximum absolute atomic E-state index is 12.8. The zero-order valence-corrected chi connectivity index (χ0v) is 10.7. The molecule has 0 unspecified atom stereocenters. The molecule has 0 radical (unpaired) electrons. The number of rotatable bonds is 5. The molecule has 0 aromatic heterocycles. The molecule has 0 bridgehead atoms. The van der Waals surface area contributed by atoms with E-state index >= 15 is 0 Å². The van der Waals surface area contributed by atoms with Crippen LogP contribution in [0.25, 0.3) is 0 Å². The zero-order chi connectivity index (χ0) is 14.8. The molecule has 1 aromatic carbocycles. The number of nitrogens with one attached hydrogen (secondary N) is 1. The molecule has 0 spiro atoms. The fourth-order valence-corrected chi connectivity index (χ4v) is 1.56. The lowest BCUT2D eigenvalue weighted by atomic mass is 10.2. The number of carbonyl (C=O) groups excluding carboxylic acids is 1. The van der Waals surface area contributed by atoms with Crippen molar-refractivity contribution in [3.05, 3.63) is 30.9 Å². The summed E-state index contributed by atoms with van der Waals surface area (Å²) in [6.07, 6.45) is -2.85. The Bertz CT molecular complexity index is 533. The first kappa shape index (κ1) is 14.3. The fourth-order valence-electron chi connectivity index (χ4n) is 1.56. The van der Waals surface area contributed by atoms with Crippen molar-refractivity contribution >= 4 is 11.6 Å². The van der Waals surface area contributed by atoms with Gasteiger partial charge in [0.15, 0.2) is 11.5 Å². The van der Waals surface area contributed by atoms with Crippen LogP contribution in [0.2, 0.25) is 0 Å². The number of anilines is 1. The third kappa shape index (κ3) is 3.24. The van der Waals surface area contributed by atoms with Crippen LogP contribution in [0.5, 0.6) is 11.5 Å². The molecule has 0 saturated heterocycles. The van der Waals surface area contributed by atoms with Crippen molar-refractivity contribution in [2.45, 2.75) is 19.3 Å². The van der Waals surface area contributed by atoms with Gasteiger partial charge in [0.1, 0.15) is 6.10 Å². The molecule has 2 rings (SSSR count). The lowest BCUT2D eigenvalue weighted by Crippen LogP contribution is -2.27. The van der Waals surface area contributed by atoms with Crippen molar-refractivity contribution in [1.29, 1.82) is 0 Å². The van der Waals surface area contributed by atoms with Crippen LogP contribution in [0.4, 0.5) is 14.5 Å². The average Bonchev–Trinajstić information content (AvgIpc) is 2.68. The van der Waals surface area contributed by atoms with Crippen molar-refractivity contribution < 1.29 is 27.8 Å². The number of carbonyl (C=O) groups is 1. The van der Waals surface area contributed by atoms with E-state index in [1.807, 2.05) is 0 Å². The molecule has 1 aromatic rings. The van der Waals surface area contributed by atoms with Crippen molar-refractivity contribution in [3.8, 4) is 11.5 Å². The van der Waals surface area contributed by atoms with Gasteiger partial charge in [0.25, 0.3) is 5.91 Å². The quantitative estimate of drug-likeness (QED) is 0.845. The lowest BCUT2D eigenvalue weighted by Gasteiger charge is -2.12. The SMILES string of the molecule is C=CCO[C@@H](C)C(=O)Nc1ccc2c(c1)OC(F)(F)O2. The minimum absolute atomic E-state index is 0.0797. The highest BCUT2D eigenvalue weighted by atomic mass is 19.3. The van der Waals surface area contributed by atoms with E-state index in [0.29, 0.717) is 5.69 Å². The van der Waals surface area contributed by atoms with E-state index in [0.717, 1.165) is 0 Å². The first-order chi connectivity index (χ1) is 9.41. The van der Waals surface area contributed by atoms with Crippen LogP contribution in [0, 0.1) is 0 Å². The van der Waals surface area contributed by atoms with Crippen molar-refractivity contribution in [1.82, 2.24) is 0 Å². The third-order valence-corrected chi connectivity index (χ3v) is 2.50. The standard InChI is InChI=1S/C13H13F2NO4/c1-3-6-18-8(2)12(17)16-9-4-5-10-11(7-9)20-13(14,15)19-10/h3-5,7-8H,1,6H2,2H3,(H,16,17)/t8-/m0/s1. The summed E-state index contributed by atoms with van der Waals surface area (Å²) in [7, 11) is 0. The molecular formula is C13H13F2NO4. The fraction of sp³-hybridized carbons (Fsp3) is 0.308. The molecule has 0 fully saturated rings. The first-order valence-corrected chi connectivity index (χ1v) is 5.84.